The summed E-state index contributed by atoms with van der Waals surface area (Å²) in [5.41, 5.74) is -0.0895. The highest BCUT2D eigenvalue weighted by atomic mass is 35.5. The van der Waals surface area contributed by atoms with Gasteiger partial charge < -0.3 is 14.6 Å². The average Bonchev–Trinajstić information content (AvgIpc) is 2.84. The molecule has 0 atom stereocenters. The highest BCUT2D eigenvalue weighted by Crippen LogP contribution is 2.24. The molecule has 0 unspecified atom stereocenters. The largest absolute Gasteiger partial charge is 0.478 e. The number of rotatable bonds is 5. The molecule has 1 aliphatic heterocycles. The van der Waals surface area contributed by atoms with Crippen molar-refractivity contribution in [1.29, 1.82) is 0 Å². The number of ether oxygens (including phenoxy) is 2. The lowest BCUT2D eigenvalue weighted by molar-refractivity contribution is -0.135. The Labute approximate surface area is 126 Å². The number of carbonyl (C=O) groups is 1. The molecule has 0 bridgehead atoms. The monoisotopic (exact) mass is 335 g/mol. The first-order chi connectivity index (χ1) is 9.73. The third-order valence-corrected chi connectivity index (χ3v) is 4.83. The van der Waals surface area contributed by atoms with Crippen LogP contribution in [0.1, 0.15) is 17.3 Å². The average molecular weight is 336 g/mol. The summed E-state index contributed by atoms with van der Waals surface area (Å²) < 4.78 is 37.3. The zero-order valence-corrected chi connectivity index (χ0v) is 12.7. The Morgan fingerprint density at radius 2 is 2.05 bits per heavy atom. The van der Waals surface area contributed by atoms with Crippen molar-refractivity contribution in [1.82, 2.24) is 4.72 Å². The van der Waals surface area contributed by atoms with Gasteiger partial charge in [-0.25, -0.2) is 17.9 Å². The van der Waals surface area contributed by atoms with Crippen molar-refractivity contribution in [3.05, 3.63) is 28.8 Å². The molecule has 2 N–H and O–H groups in total. The van der Waals surface area contributed by atoms with E-state index in [1.54, 1.807) is 6.92 Å². The van der Waals surface area contributed by atoms with Crippen LogP contribution >= 0.6 is 11.6 Å². The van der Waals surface area contributed by atoms with Gasteiger partial charge in [-0.1, -0.05) is 11.6 Å². The van der Waals surface area contributed by atoms with E-state index in [2.05, 4.69) is 4.72 Å². The first-order valence-electron chi connectivity index (χ1n) is 6.04. The molecule has 1 fully saturated rings. The minimum atomic E-state index is -3.89. The third-order valence-electron chi connectivity index (χ3n) is 2.95. The van der Waals surface area contributed by atoms with Crippen LogP contribution in [0.4, 0.5) is 0 Å². The summed E-state index contributed by atoms with van der Waals surface area (Å²) in [7, 11) is -3.89. The second-order valence-electron chi connectivity index (χ2n) is 4.61. The molecule has 2 rings (SSSR count). The molecule has 0 amide bonds. The first-order valence-corrected chi connectivity index (χ1v) is 7.90. The standard InChI is InChI=1S/C12H14ClNO6S/c1-12(19-4-5-20-12)7-14-21(17,18)10-3-2-8(11(15)16)6-9(10)13/h2-3,6,14H,4-5,7H2,1H3,(H,15,16). The summed E-state index contributed by atoms with van der Waals surface area (Å²) in [5, 5.41) is 8.66. The molecule has 1 aromatic carbocycles. The van der Waals surface area contributed by atoms with Crippen molar-refractivity contribution in [2.24, 2.45) is 0 Å². The molecule has 0 saturated carbocycles. The number of sulfonamides is 1. The maximum atomic E-state index is 12.2. The van der Waals surface area contributed by atoms with Gasteiger partial charge in [0.25, 0.3) is 0 Å². The highest BCUT2D eigenvalue weighted by Gasteiger charge is 2.33. The first kappa shape index (κ1) is 16.2. The molecule has 1 aromatic rings. The lowest BCUT2D eigenvalue weighted by atomic mass is 10.2. The van der Waals surface area contributed by atoms with Crippen molar-refractivity contribution < 1.29 is 27.8 Å². The minimum absolute atomic E-state index is 0.0770. The van der Waals surface area contributed by atoms with Crippen molar-refractivity contribution in [2.75, 3.05) is 19.8 Å². The van der Waals surface area contributed by atoms with E-state index in [-0.39, 0.29) is 22.0 Å². The zero-order chi connectivity index (χ0) is 15.7. The second-order valence-corrected chi connectivity index (χ2v) is 6.75. The Morgan fingerprint density at radius 3 is 2.57 bits per heavy atom. The maximum absolute atomic E-state index is 12.2. The fourth-order valence-corrected chi connectivity index (χ4v) is 3.47. The van der Waals surface area contributed by atoms with Crippen LogP contribution in [0, 0.1) is 0 Å². The van der Waals surface area contributed by atoms with Gasteiger partial charge >= 0.3 is 5.97 Å². The van der Waals surface area contributed by atoms with E-state index >= 15 is 0 Å². The molecule has 1 saturated heterocycles. The third kappa shape index (κ3) is 3.72. The minimum Gasteiger partial charge on any atom is -0.478 e. The molecule has 1 heterocycles. The lowest BCUT2D eigenvalue weighted by Crippen LogP contribution is -2.41. The molecule has 0 aliphatic carbocycles. The van der Waals surface area contributed by atoms with E-state index in [0.29, 0.717) is 13.2 Å². The summed E-state index contributed by atoms with van der Waals surface area (Å²) in [6, 6.07) is 3.41. The van der Waals surface area contributed by atoms with E-state index in [0.717, 1.165) is 12.1 Å². The molecule has 9 heteroatoms. The molecule has 116 valence electrons. The number of carboxylic acid groups (broad SMARTS) is 1. The summed E-state index contributed by atoms with van der Waals surface area (Å²) in [6.45, 7) is 2.34. The Kier molecular flexibility index (Phi) is 4.54. The number of carboxylic acids is 1. The smallest absolute Gasteiger partial charge is 0.335 e. The molecule has 0 aromatic heterocycles. The van der Waals surface area contributed by atoms with Gasteiger partial charge in [-0.15, -0.1) is 0 Å². The van der Waals surface area contributed by atoms with Gasteiger partial charge in [-0.3, -0.25) is 0 Å². The van der Waals surface area contributed by atoms with Crippen LogP contribution in [0.25, 0.3) is 0 Å². The zero-order valence-electron chi connectivity index (χ0n) is 11.1. The van der Waals surface area contributed by atoms with Crippen LogP contribution in [0.2, 0.25) is 5.02 Å². The Morgan fingerprint density at radius 1 is 1.43 bits per heavy atom. The highest BCUT2D eigenvalue weighted by molar-refractivity contribution is 7.89. The van der Waals surface area contributed by atoms with Crippen LogP contribution in [-0.2, 0) is 19.5 Å². The number of aromatic carboxylic acids is 1. The Balaban J connectivity index is 2.17. The van der Waals surface area contributed by atoms with E-state index in [4.69, 9.17) is 26.2 Å². The van der Waals surface area contributed by atoms with Gasteiger partial charge in [-0.05, 0) is 25.1 Å². The van der Waals surface area contributed by atoms with Crippen LogP contribution < -0.4 is 4.72 Å². The molecule has 7 nitrogen and oxygen atoms in total. The van der Waals surface area contributed by atoms with Crippen LogP contribution in [-0.4, -0.2) is 45.0 Å². The maximum Gasteiger partial charge on any atom is 0.335 e. The molecule has 0 spiro atoms. The summed E-state index contributed by atoms with van der Waals surface area (Å²) >= 11 is 5.84. The number of nitrogens with one attached hydrogen (secondary N) is 1. The van der Waals surface area contributed by atoms with Crippen molar-refractivity contribution in [2.45, 2.75) is 17.6 Å². The number of hydrogen-bond acceptors (Lipinski definition) is 5. The van der Waals surface area contributed by atoms with E-state index < -0.39 is 21.8 Å². The van der Waals surface area contributed by atoms with E-state index in [9.17, 15) is 13.2 Å². The quantitative estimate of drug-likeness (QED) is 0.834. The van der Waals surface area contributed by atoms with Crippen molar-refractivity contribution in [3.63, 3.8) is 0 Å². The van der Waals surface area contributed by atoms with Crippen molar-refractivity contribution >= 4 is 27.6 Å². The summed E-state index contributed by atoms with van der Waals surface area (Å²) in [5.74, 6) is -2.20. The van der Waals surface area contributed by atoms with Gasteiger partial charge in [0.1, 0.15) is 4.90 Å². The normalized spacial score (nSPS) is 17.8. The molecule has 21 heavy (non-hydrogen) atoms. The Bertz CT molecular complexity index is 654. The van der Waals surface area contributed by atoms with Gasteiger partial charge in [-0.2, -0.15) is 0 Å². The topological polar surface area (TPSA) is 102 Å². The SMILES string of the molecule is CC1(CNS(=O)(=O)c2ccc(C(=O)O)cc2Cl)OCCO1. The Hall–Kier alpha value is -1.19. The van der Waals surface area contributed by atoms with E-state index in [1.807, 2.05) is 0 Å². The van der Waals surface area contributed by atoms with Crippen LogP contribution in [0.3, 0.4) is 0 Å². The van der Waals surface area contributed by atoms with Gasteiger partial charge in [0.05, 0.1) is 30.3 Å². The molecular formula is C12H14ClNO6S. The predicted molar refractivity (Wildman–Crippen MR) is 73.9 cm³/mol. The van der Waals surface area contributed by atoms with Crippen LogP contribution in [0.5, 0.6) is 0 Å². The number of benzene rings is 1. The lowest BCUT2D eigenvalue weighted by Gasteiger charge is -2.22. The van der Waals surface area contributed by atoms with Gasteiger partial charge in [0.2, 0.25) is 10.0 Å². The summed E-state index contributed by atoms with van der Waals surface area (Å²) in [4.78, 5) is 10.6. The van der Waals surface area contributed by atoms with E-state index in [1.165, 1.54) is 6.07 Å². The van der Waals surface area contributed by atoms with Crippen LogP contribution in [0.15, 0.2) is 23.1 Å². The predicted octanol–water partition coefficient (Wildman–Crippen LogP) is 1.08. The second kappa shape index (κ2) is 5.90. The molecular weight excluding hydrogens is 322 g/mol. The number of halogens is 1. The number of hydrogen-bond donors (Lipinski definition) is 2. The van der Waals surface area contributed by atoms with Gasteiger partial charge in [0, 0.05) is 0 Å². The fourth-order valence-electron chi connectivity index (χ4n) is 1.81. The fraction of sp³-hybridized carbons (Fsp3) is 0.417. The molecule has 1 aliphatic rings. The van der Waals surface area contributed by atoms with Gasteiger partial charge in [0.15, 0.2) is 5.79 Å². The summed E-state index contributed by atoms with van der Waals surface area (Å²) in [6.07, 6.45) is 0. The van der Waals surface area contributed by atoms with Crippen molar-refractivity contribution in [3.8, 4) is 0 Å². The molecule has 0 radical (unpaired) electrons.